The standard InChI is InChI=1S/H40O20Si20/c1-21-2-23-4-25-6-27-8-29-10-31-12-33-14-35-16-37-18-39-20-40-19-38-17-36-15-34-13-32-11-30-9-28-7-26-5-24-3-22-1/h21-40H2. The van der Waals surface area contributed by atoms with E-state index in [1.807, 2.05) is 0 Å². The molecule has 1 aliphatic heterocycles. The molecule has 1 fully saturated rings. The van der Waals surface area contributed by atoms with Crippen molar-refractivity contribution in [3.8, 4) is 0 Å². The monoisotopic (exact) mass is 920 g/mol. The van der Waals surface area contributed by atoms with Gasteiger partial charge < -0.3 is 82.3 Å². The summed E-state index contributed by atoms with van der Waals surface area (Å²) < 4.78 is 110. The zero-order valence-corrected chi connectivity index (χ0v) is 50.6. The van der Waals surface area contributed by atoms with E-state index in [2.05, 4.69) is 0 Å². The van der Waals surface area contributed by atoms with Crippen molar-refractivity contribution < 1.29 is 82.3 Å². The number of rotatable bonds is 0. The number of hydrogen-bond acceptors (Lipinski definition) is 20. The van der Waals surface area contributed by atoms with Crippen molar-refractivity contribution in [3.63, 3.8) is 0 Å². The van der Waals surface area contributed by atoms with Crippen molar-refractivity contribution in [2.75, 3.05) is 0 Å². The zero-order chi connectivity index (χ0) is 28.3. The van der Waals surface area contributed by atoms with E-state index in [1.54, 1.807) is 0 Å². The van der Waals surface area contributed by atoms with Crippen LogP contribution in [0.2, 0.25) is 0 Å². The van der Waals surface area contributed by atoms with Gasteiger partial charge in [-0.05, 0) is 0 Å². The molecule has 1 rings (SSSR count). The maximum Gasteiger partial charge on any atom is 0.286 e. The maximum atomic E-state index is 5.48. The quantitative estimate of drug-likeness (QED) is 0.209. The summed E-state index contributed by atoms with van der Waals surface area (Å²) >= 11 is 0. The van der Waals surface area contributed by atoms with E-state index in [0.717, 1.165) is 0 Å². The fraction of sp³-hybridized carbons (Fsp3) is 0. The Labute approximate surface area is 280 Å². The van der Waals surface area contributed by atoms with Crippen LogP contribution in [0.4, 0.5) is 0 Å². The summed E-state index contributed by atoms with van der Waals surface area (Å²) in [6.45, 7) is 0. The van der Waals surface area contributed by atoms with E-state index in [9.17, 15) is 0 Å². The fourth-order valence-corrected chi connectivity index (χ4v) is 37.9. The smallest absolute Gasteiger partial charge is 0.286 e. The maximum absolute atomic E-state index is 5.48. The van der Waals surface area contributed by atoms with Gasteiger partial charge in [0.25, 0.3) is 200 Å². The first-order valence-electron chi connectivity index (χ1n) is 11.5. The second kappa shape index (κ2) is 38.7. The van der Waals surface area contributed by atoms with Crippen LogP contribution in [0.15, 0.2) is 0 Å². The van der Waals surface area contributed by atoms with Crippen LogP contribution in [-0.2, 0) is 82.3 Å². The molecule has 0 atom stereocenters. The molecule has 0 bridgehead atoms. The molecule has 40 heavy (non-hydrogen) atoms. The van der Waals surface area contributed by atoms with Crippen molar-refractivity contribution >= 4 is 200 Å². The third kappa shape index (κ3) is 36.0. The molecular formula is H40O20Si20. The molecule has 0 amide bonds. The lowest BCUT2D eigenvalue weighted by molar-refractivity contribution is 0.353. The van der Waals surface area contributed by atoms with Crippen LogP contribution < -0.4 is 0 Å². The molecular weight excluding hydrogens is 882 g/mol. The average molecular weight is 922 g/mol. The highest BCUT2D eigenvalue weighted by molar-refractivity contribution is 6.52. The van der Waals surface area contributed by atoms with Gasteiger partial charge in [-0.25, -0.2) is 0 Å². The zero-order valence-electron chi connectivity index (χ0n) is 22.3. The molecule has 1 aliphatic rings. The van der Waals surface area contributed by atoms with Gasteiger partial charge in [-0.3, -0.25) is 0 Å². The van der Waals surface area contributed by atoms with E-state index in [4.69, 9.17) is 82.3 Å². The molecule has 0 aromatic heterocycles. The highest BCUT2D eigenvalue weighted by Crippen LogP contribution is 1.82. The normalized spacial score (nSPS) is 36.0. The lowest BCUT2D eigenvalue weighted by Crippen LogP contribution is -2.23. The molecule has 0 unspecified atom stereocenters. The van der Waals surface area contributed by atoms with Gasteiger partial charge in [0.2, 0.25) is 0 Å². The Bertz CT molecular complexity index is 253. The Hall–Kier alpha value is 3.54. The molecule has 0 radical (unpaired) electrons. The summed E-state index contributed by atoms with van der Waals surface area (Å²) in [6.07, 6.45) is 0. The third-order valence-electron chi connectivity index (χ3n) is 3.33. The Morgan fingerprint density at radius 3 is 0.200 bits per heavy atom. The second-order valence-corrected chi connectivity index (χ2v) is 43.8. The average Bonchev–Trinajstić information content (AvgIpc) is 2.97. The fourth-order valence-electron chi connectivity index (χ4n) is 1.86. The SMILES string of the molecule is O1[SiH2]O[SiH2]O[SiH2]O[SiH2]O[SiH2]O[SiH2]O[SiH2]O[SiH2]O[SiH2]O[SiH2]O[SiH2]O[SiH2]O[SiH2]O[SiH2]O[SiH2]O[SiH2]O[SiH2]O[SiH2]O[SiH2]O[SiH2]1. The minimum atomic E-state index is -1.04. The van der Waals surface area contributed by atoms with Crippen LogP contribution in [0.1, 0.15) is 0 Å². The first kappa shape index (κ1) is 41.6. The molecule has 0 aliphatic carbocycles. The highest BCUT2D eigenvalue weighted by Gasteiger charge is 2.00. The van der Waals surface area contributed by atoms with E-state index < -0.39 is 200 Å². The lowest BCUT2D eigenvalue weighted by Gasteiger charge is -2.10. The minimum absolute atomic E-state index is 1.04. The molecule has 20 nitrogen and oxygen atoms in total. The molecule has 40 heteroatoms. The molecule has 0 N–H and O–H groups in total. The van der Waals surface area contributed by atoms with Crippen molar-refractivity contribution in [2.24, 2.45) is 0 Å². The molecule has 240 valence electrons. The van der Waals surface area contributed by atoms with Crippen LogP contribution in [0.5, 0.6) is 0 Å². The van der Waals surface area contributed by atoms with Crippen molar-refractivity contribution in [3.05, 3.63) is 0 Å². The summed E-state index contributed by atoms with van der Waals surface area (Å²) in [5, 5.41) is 0. The predicted octanol–water partition coefficient (Wildman–Crippen LogP) is -19.7. The van der Waals surface area contributed by atoms with Gasteiger partial charge in [0.15, 0.2) is 0 Å². The third-order valence-corrected chi connectivity index (χ3v) is 30.0. The van der Waals surface area contributed by atoms with E-state index in [-0.39, 0.29) is 0 Å². The Kier molecular flexibility index (Phi) is 40.2. The van der Waals surface area contributed by atoms with Crippen LogP contribution in [0.3, 0.4) is 0 Å². The highest BCUT2D eigenvalue weighted by atomic mass is 28.4. The van der Waals surface area contributed by atoms with Gasteiger partial charge in [-0.1, -0.05) is 0 Å². The van der Waals surface area contributed by atoms with Gasteiger partial charge in [0, 0.05) is 0 Å². The predicted molar refractivity (Wildman–Crippen MR) is 193 cm³/mol. The van der Waals surface area contributed by atoms with Crippen LogP contribution >= 0.6 is 0 Å². The summed E-state index contributed by atoms with van der Waals surface area (Å²) in [5.41, 5.74) is 0. The first-order valence-corrected chi connectivity index (χ1v) is 34.6. The minimum Gasteiger partial charge on any atom is -0.425 e. The van der Waals surface area contributed by atoms with Gasteiger partial charge in [-0.15, -0.1) is 0 Å². The van der Waals surface area contributed by atoms with E-state index >= 15 is 0 Å². The lowest BCUT2D eigenvalue weighted by atomic mass is 15.7. The van der Waals surface area contributed by atoms with Crippen LogP contribution in [0.25, 0.3) is 0 Å². The molecule has 0 saturated carbocycles. The Morgan fingerprint density at radius 1 is 0.100 bits per heavy atom. The summed E-state index contributed by atoms with van der Waals surface area (Å²) in [4.78, 5) is 0. The molecule has 0 spiro atoms. The second-order valence-electron chi connectivity index (χ2n) is 6.44. The van der Waals surface area contributed by atoms with Crippen LogP contribution in [-0.4, -0.2) is 200 Å². The Balaban J connectivity index is 2.00. The largest absolute Gasteiger partial charge is 0.425 e. The van der Waals surface area contributed by atoms with Gasteiger partial charge in [0.05, 0.1) is 0 Å². The van der Waals surface area contributed by atoms with Gasteiger partial charge >= 0.3 is 0 Å². The first-order chi connectivity index (χ1) is 20.0. The van der Waals surface area contributed by atoms with Crippen LogP contribution in [0, 0.1) is 0 Å². The van der Waals surface area contributed by atoms with Gasteiger partial charge in [-0.2, -0.15) is 0 Å². The molecule has 1 heterocycles. The summed E-state index contributed by atoms with van der Waals surface area (Å²) in [5.74, 6) is 0. The number of hydrogen-bond donors (Lipinski definition) is 0. The molecule has 0 aromatic rings. The van der Waals surface area contributed by atoms with E-state index in [1.165, 1.54) is 0 Å². The summed E-state index contributed by atoms with van der Waals surface area (Å²) in [7, 11) is -20.7. The molecule has 1 saturated heterocycles. The van der Waals surface area contributed by atoms with Crippen molar-refractivity contribution in [1.82, 2.24) is 0 Å². The van der Waals surface area contributed by atoms with E-state index in [0.29, 0.717) is 0 Å². The van der Waals surface area contributed by atoms with Crippen molar-refractivity contribution in [2.45, 2.75) is 0 Å². The topological polar surface area (TPSA) is 185 Å². The molecule has 0 aromatic carbocycles. The Morgan fingerprint density at radius 2 is 0.150 bits per heavy atom. The summed E-state index contributed by atoms with van der Waals surface area (Å²) in [6, 6.07) is 0. The van der Waals surface area contributed by atoms with Crippen molar-refractivity contribution in [1.29, 1.82) is 0 Å². The van der Waals surface area contributed by atoms with Gasteiger partial charge in [0.1, 0.15) is 0 Å².